The van der Waals surface area contributed by atoms with Crippen LogP contribution in [0, 0.1) is 6.92 Å². The largest absolute Gasteiger partial charge is 0.392 e. The van der Waals surface area contributed by atoms with Crippen LogP contribution < -0.4 is 5.32 Å². The van der Waals surface area contributed by atoms with Gasteiger partial charge in [0.2, 0.25) is 5.91 Å². The van der Waals surface area contributed by atoms with Gasteiger partial charge in [-0.25, -0.2) is 4.98 Å². The Morgan fingerprint density at radius 2 is 2.09 bits per heavy atom. The summed E-state index contributed by atoms with van der Waals surface area (Å²) in [6.45, 7) is 3.37. The molecule has 0 bridgehead atoms. The van der Waals surface area contributed by atoms with Crippen molar-refractivity contribution in [3.63, 3.8) is 0 Å². The lowest BCUT2D eigenvalue weighted by Crippen LogP contribution is -2.07. The van der Waals surface area contributed by atoms with Gasteiger partial charge in [-0.3, -0.25) is 9.78 Å². The monoisotopic (exact) mass is 296 g/mol. The van der Waals surface area contributed by atoms with Gasteiger partial charge in [0.05, 0.1) is 23.3 Å². The molecule has 3 aromatic heterocycles. The molecule has 0 aliphatic carbocycles. The number of aryl methyl sites for hydroxylation is 1. The summed E-state index contributed by atoms with van der Waals surface area (Å²) < 4.78 is 0. The minimum absolute atomic E-state index is 0.0497. The molecule has 0 unspecified atom stereocenters. The van der Waals surface area contributed by atoms with Gasteiger partial charge < -0.3 is 15.4 Å². The maximum absolute atomic E-state index is 11.2. The number of hydrogen-bond acceptors (Lipinski definition) is 4. The highest BCUT2D eigenvalue weighted by Gasteiger charge is 2.13. The Kier molecular flexibility index (Phi) is 3.60. The second-order valence-corrected chi connectivity index (χ2v) is 5.09. The van der Waals surface area contributed by atoms with Gasteiger partial charge in [0.15, 0.2) is 0 Å². The number of pyridine rings is 2. The molecule has 112 valence electrons. The van der Waals surface area contributed by atoms with Crippen LogP contribution in [0.4, 0.5) is 5.82 Å². The zero-order chi connectivity index (χ0) is 15.7. The van der Waals surface area contributed by atoms with Crippen LogP contribution in [0.2, 0.25) is 0 Å². The van der Waals surface area contributed by atoms with E-state index in [1.165, 1.54) is 6.92 Å². The van der Waals surface area contributed by atoms with Gasteiger partial charge in [0.1, 0.15) is 5.82 Å². The van der Waals surface area contributed by atoms with Gasteiger partial charge in [0, 0.05) is 36.0 Å². The molecule has 3 rings (SSSR count). The summed E-state index contributed by atoms with van der Waals surface area (Å²) in [7, 11) is 0. The van der Waals surface area contributed by atoms with E-state index in [4.69, 9.17) is 0 Å². The highest BCUT2D eigenvalue weighted by Crippen LogP contribution is 2.30. The van der Waals surface area contributed by atoms with Crippen LogP contribution in [0.25, 0.3) is 22.3 Å². The Morgan fingerprint density at radius 1 is 1.32 bits per heavy atom. The lowest BCUT2D eigenvalue weighted by atomic mass is 10.1. The van der Waals surface area contributed by atoms with E-state index in [-0.39, 0.29) is 12.5 Å². The summed E-state index contributed by atoms with van der Waals surface area (Å²) in [4.78, 5) is 23.0. The summed E-state index contributed by atoms with van der Waals surface area (Å²) in [5, 5.41) is 12.1. The van der Waals surface area contributed by atoms with Crippen molar-refractivity contribution in [1.82, 2.24) is 15.0 Å². The fourth-order valence-electron chi connectivity index (χ4n) is 2.52. The van der Waals surface area contributed by atoms with Crippen LogP contribution in [0.1, 0.15) is 18.1 Å². The number of fused-ring (bicyclic) bond motifs is 1. The first kappa shape index (κ1) is 14.2. The first-order chi connectivity index (χ1) is 10.6. The Hall–Kier alpha value is -2.73. The van der Waals surface area contributed by atoms with Crippen molar-refractivity contribution in [3.05, 3.63) is 41.7 Å². The van der Waals surface area contributed by atoms with Gasteiger partial charge in [-0.1, -0.05) is 0 Å². The SMILES string of the molecule is CC(=O)Nc1cc(-c2[nH]c3c(CO)ccnc3c2C)ccn1. The number of aliphatic hydroxyl groups excluding tert-OH is 1. The number of aliphatic hydroxyl groups is 1. The van der Waals surface area contributed by atoms with Gasteiger partial charge >= 0.3 is 0 Å². The molecule has 3 N–H and O–H groups in total. The van der Waals surface area contributed by atoms with E-state index in [1.54, 1.807) is 24.5 Å². The number of rotatable bonds is 3. The smallest absolute Gasteiger partial charge is 0.222 e. The van der Waals surface area contributed by atoms with Crippen LogP contribution in [-0.4, -0.2) is 26.0 Å². The first-order valence-corrected chi connectivity index (χ1v) is 6.91. The molecule has 3 aromatic rings. The van der Waals surface area contributed by atoms with E-state index < -0.39 is 0 Å². The van der Waals surface area contributed by atoms with Gasteiger partial charge in [-0.15, -0.1) is 0 Å². The molecule has 6 nitrogen and oxygen atoms in total. The van der Waals surface area contributed by atoms with Crippen molar-refractivity contribution in [2.75, 3.05) is 5.32 Å². The summed E-state index contributed by atoms with van der Waals surface area (Å²) in [5.74, 6) is 0.334. The second-order valence-electron chi connectivity index (χ2n) is 5.09. The summed E-state index contributed by atoms with van der Waals surface area (Å²) >= 11 is 0. The third kappa shape index (κ3) is 2.44. The van der Waals surface area contributed by atoms with Gasteiger partial charge in [-0.2, -0.15) is 0 Å². The Balaban J connectivity index is 2.14. The summed E-state index contributed by atoms with van der Waals surface area (Å²) in [5.41, 5.74) is 5.26. The molecule has 0 atom stereocenters. The molecule has 0 saturated heterocycles. The number of nitrogens with zero attached hydrogens (tertiary/aromatic N) is 2. The van der Waals surface area contributed by atoms with E-state index in [0.717, 1.165) is 33.4 Å². The Bertz CT molecular complexity index is 854. The molecule has 0 saturated carbocycles. The zero-order valence-electron chi connectivity index (χ0n) is 12.3. The number of H-pyrrole nitrogens is 1. The van der Waals surface area contributed by atoms with E-state index in [9.17, 15) is 9.90 Å². The molecular weight excluding hydrogens is 280 g/mol. The molecule has 0 fully saturated rings. The summed E-state index contributed by atoms with van der Waals surface area (Å²) in [6, 6.07) is 5.46. The molecule has 3 heterocycles. The standard InChI is InChI=1S/C16H16N4O2/c1-9-14(11-3-5-17-13(7-11)19-10(2)22)20-16-12(8-21)4-6-18-15(9)16/h3-7,20-21H,8H2,1-2H3,(H,17,19,22). The molecule has 0 radical (unpaired) electrons. The van der Waals surface area contributed by atoms with Crippen LogP contribution in [0.15, 0.2) is 30.6 Å². The third-order valence-corrected chi connectivity index (χ3v) is 3.54. The quantitative estimate of drug-likeness (QED) is 0.692. The Morgan fingerprint density at radius 3 is 2.82 bits per heavy atom. The lowest BCUT2D eigenvalue weighted by molar-refractivity contribution is -0.114. The first-order valence-electron chi connectivity index (χ1n) is 6.91. The average molecular weight is 296 g/mol. The highest BCUT2D eigenvalue weighted by atomic mass is 16.3. The predicted octanol–water partition coefficient (Wildman–Crippen LogP) is 2.38. The zero-order valence-corrected chi connectivity index (χ0v) is 12.3. The molecular formula is C16H16N4O2. The van der Waals surface area contributed by atoms with E-state index in [0.29, 0.717) is 5.82 Å². The van der Waals surface area contributed by atoms with E-state index >= 15 is 0 Å². The van der Waals surface area contributed by atoms with Crippen molar-refractivity contribution < 1.29 is 9.90 Å². The molecule has 22 heavy (non-hydrogen) atoms. The summed E-state index contributed by atoms with van der Waals surface area (Å²) in [6.07, 6.45) is 3.33. The minimum atomic E-state index is -0.165. The highest BCUT2D eigenvalue weighted by molar-refractivity contribution is 5.91. The molecule has 0 spiro atoms. The number of anilines is 1. The number of amides is 1. The Labute approximate surface area is 127 Å². The molecule has 1 amide bonds. The molecule has 0 aliphatic heterocycles. The number of aromatic nitrogens is 3. The topological polar surface area (TPSA) is 90.9 Å². The maximum Gasteiger partial charge on any atom is 0.222 e. The van der Waals surface area contributed by atoms with Gasteiger partial charge in [0.25, 0.3) is 0 Å². The van der Waals surface area contributed by atoms with Crippen LogP contribution in [-0.2, 0) is 11.4 Å². The third-order valence-electron chi connectivity index (χ3n) is 3.54. The normalized spacial score (nSPS) is 10.9. The molecule has 6 heteroatoms. The van der Waals surface area contributed by atoms with E-state index in [2.05, 4.69) is 20.3 Å². The molecule has 0 aliphatic rings. The average Bonchev–Trinajstić information content (AvgIpc) is 2.84. The fourth-order valence-corrected chi connectivity index (χ4v) is 2.52. The number of nitrogens with one attached hydrogen (secondary N) is 2. The van der Waals surface area contributed by atoms with Crippen molar-refractivity contribution >= 4 is 22.8 Å². The van der Waals surface area contributed by atoms with Crippen molar-refractivity contribution in [2.24, 2.45) is 0 Å². The number of aromatic amines is 1. The maximum atomic E-state index is 11.2. The minimum Gasteiger partial charge on any atom is -0.392 e. The second kappa shape index (κ2) is 5.57. The van der Waals surface area contributed by atoms with Crippen molar-refractivity contribution in [3.8, 4) is 11.3 Å². The van der Waals surface area contributed by atoms with Crippen molar-refractivity contribution in [1.29, 1.82) is 0 Å². The lowest BCUT2D eigenvalue weighted by Gasteiger charge is -2.04. The number of hydrogen-bond donors (Lipinski definition) is 3. The predicted molar refractivity (Wildman–Crippen MR) is 84.3 cm³/mol. The van der Waals surface area contributed by atoms with Crippen LogP contribution in [0.3, 0.4) is 0 Å². The molecule has 0 aromatic carbocycles. The van der Waals surface area contributed by atoms with Crippen molar-refractivity contribution in [2.45, 2.75) is 20.5 Å². The van der Waals surface area contributed by atoms with Crippen LogP contribution in [0.5, 0.6) is 0 Å². The van der Waals surface area contributed by atoms with Crippen LogP contribution >= 0.6 is 0 Å². The van der Waals surface area contributed by atoms with Gasteiger partial charge in [-0.05, 0) is 25.1 Å². The fraction of sp³-hybridized carbons (Fsp3) is 0.188. The number of carbonyl (C=O) groups excluding carboxylic acids is 1. The van der Waals surface area contributed by atoms with E-state index in [1.807, 2.05) is 13.0 Å². The number of carbonyl (C=O) groups is 1.